The molecule has 0 aromatic carbocycles. The second-order valence-electron chi connectivity index (χ2n) is 3.65. The predicted octanol–water partition coefficient (Wildman–Crippen LogP) is 3.03. The zero-order valence-electron chi connectivity index (χ0n) is 10.6. The number of hydrogen-bond donors (Lipinski definition) is 0. The number of ether oxygens (including phenoxy) is 2. The number of hydrogen-bond acceptors (Lipinski definition) is 3. The van der Waals surface area contributed by atoms with Crippen LogP contribution in [0.2, 0.25) is 0 Å². The average Bonchev–Trinajstić information content (AvgIpc) is 2.31. The van der Waals surface area contributed by atoms with E-state index in [0.717, 1.165) is 19.3 Å². The van der Waals surface area contributed by atoms with Gasteiger partial charge in [-0.05, 0) is 26.2 Å². The molecule has 0 unspecified atom stereocenters. The van der Waals surface area contributed by atoms with E-state index in [2.05, 4.69) is 25.3 Å². The van der Waals surface area contributed by atoms with Crippen molar-refractivity contribution in [3.8, 4) is 0 Å². The molecule has 0 saturated heterocycles. The molecule has 0 aliphatic heterocycles. The Bertz CT molecular complexity index is 267. The SMILES string of the molecule is C=CCCC=CCCOCCOC(=O)C(=C)C. The highest BCUT2D eigenvalue weighted by molar-refractivity contribution is 5.86. The van der Waals surface area contributed by atoms with Crippen molar-refractivity contribution in [2.75, 3.05) is 19.8 Å². The zero-order valence-corrected chi connectivity index (χ0v) is 10.6. The molecule has 17 heavy (non-hydrogen) atoms. The van der Waals surface area contributed by atoms with Crippen molar-refractivity contribution in [3.05, 3.63) is 37.0 Å². The van der Waals surface area contributed by atoms with Gasteiger partial charge in [-0.1, -0.05) is 24.8 Å². The number of esters is 1. The van der Waals surface area contributed by atoms with Crippen LogP contribution in [0.5, 0.6) is 0 Å². The maximum Gasteiger partial charge on any atom is 0.333 e. The molecule has 0 heterocycles. The van der Waals surface area contributed by atoms with Gasteiger partial charge in [0.2, 0.25) is 0 Å². The Kier molecular flexibility index (Phi) is 10.3. The molecule has 0 N–H and O–H groups in total. The first-order chi connectivity index (χ1) is 8.18. The minimum atomic E-state index is -0.363. The van der Waals surface area contributed by atoms with E-state index in [-0.39, 0.29) is 12.6 Å². The fraction of sp³-hybridized carbons (Fsp3) is 0.500. The quantitative estimate of drug-likeness (QED) is 0.254. The van der Waals surface area contributed by atoms with Crippen molar-refractivity contribution in [2.45, 2.75) is 26.2 Å². The molecule has 0 spiro atoms. The van der Waals surface area contributed by atoms with Crippen LogP contribution in [0.1, 0.15) is 26.2 Å². The summed E-state index contributed by atoms with van der Waals surface area (Å²) in [5.74, 6) is -0.363. The van der Waals surface area contributed by atoms with Gasteiger partial charge < -0.3 is 9.47 Å². The average molecular weight is 238 g/mol. The van der Waals surface area contributed by atoms with Crippen LogP contribution in [-0.4, -0.2) is 25.8 Å². The van der Waals surface area contributed by atoms with E-state index in [4.69, 9.17) is 9.47 Å². The largest absolute Gasteiger partial charge is 0.460 e. The number of carbonyl (C=O) groups is 1. The van der Waals surface area contributed by atoms with Crippen LogP contribution >= 0.6 is 0 Å². The van der Waals surface area contributed by atoms with Gasteiger partial charge in [0.25, 0.3) is 0 Å². The fourth-order valence-electron chi connectivity index (χ4n) is 1.02. The first-order valence-electron chi connectivity index (χ1n) is 5.84. The van der Waals surface area contributed by atoms with Gasteiger partial charge in [-0.3, -0.25) is 0 Å². The van der Waals surface area contributed by atoms with E-state index in [0.29, 0.717) is 18.8 Å². The third-order valence-electron chi connectivity index (χ3n) is 1.94. The molecule has 0 saturated carbocycles. The van der Waals surface area contributed by atoms with E-state index in [1.54, 1.807) is 6.92 Å². The van der Waals surface area contributed by atoms with Crippen molar-refractivity contribution in [2.24, 2.45) is 0 Å². The van der Waals surface area contributed by atoms with Gasteiger partial charge in [0.05, 0.1) is 13.2 Å². The molecule has 3 nitrogen and oxygen atoms in total. The van der Waals surface area contributed by atoms with Crippen LogP contribution in [0, 0.1) is 0 Å². The highest BCUT2D eigenvalue weighted by Gasteiger charge is 2.01. The topological polar surface area (TPSA) is 35.5 Å². The van der Waals surface area contributed by atoms with Crippen molar-refractivity contribution in [1.82, 2.24) is 0 Å². The first kappa shape index (κ1) is 15.7. The van der Waals surface area contributed by atoms with Crippen LogP contribution < -0.4 is 0 Å². The lowest BCUT2D eigenvalue weighted by molar-refractivity contribution is -0.140. The van der Waals surface area contributed by atoms with Crippen molar-refractivity contribution < 1.29 is 14.3 Å². The Hall–Kier alpha value is -1.35. The van der Waals surface area contributed by atoms with Gasteiger partial charge in [0.1, 0.15) is 6.61 Å². The Morgan fingerprint density at radius 3 is 2.47 bits per heavy atom. The van der Waals surface area contributed by atoms with E-state index in [9.17, 15) is 4.79 Å². The summed E-state index contributed by atoms with van der Waals surface area (Å²) in [7, 11) is 0. The van der Waals surface area contributed by atoms with Crippen LogP contribution in [-0.2, 0) is 14.3 Å². The minimum Gasteiger partial charge on any atom is -0.460 e. The second kappa shape index (κ2) is 11.1. The molecular weight excluding hydrogens is 216 g/mol. The maximum atomic E-state index is 11.0. The Labute approximate surface area is 104 Å². The molecule has 0 amide bonds. The minimum absolute atomic E-state index is 0.284. The summed E-state index contributed by atoms with van der Waals surface area (Å²) in [6, 6.07) is 0. The number of carbonyl (C=O) groups excluding carboxylic acids is 1. The molecular formula is C14H22O3. The third kappa shape index (κ3) is 10.9. The summed E-state index contributed by atoms with van der Waals surface area (Å²) in [5, 5.41) is 0. The normalized spacial score (nSPS) is 10.4. The van der Waals surface area contributed by atoms with Crippen molar-refractivity contribution >= 4 is 5.97 Å². The van der Waals surface area contributed by atoms with Gasteiger partial charge in [-0.2, -0.15) is 0 Å². The van der Waals surface area contributed by atoms with Gasteiger partial charge in [-0.25, -0.2) is 4.79 Å². The summed E-state index contributed by atoms with van der Waals surface area (Å²) in [6.07, 6.45) is 9.02. The van der Waals surface area contributed by atoms with Gasteiger partial charge in [-0.15, -0.1) is 6.58 Å². The number of rotatable bonds is 10. The Balaban J connectivity index is 3.24. The molecule has 0 aliphatic carbocycles. The van der Waals surface area contributed by atoms with E-state index >= 15 is 0 Å². The molecule has 0 radical (unpaired) electrons. The molecule has 0 aliphatic rings. The number of allylic oxidation sites excluding steroid dienone is 2. The zero-order chi connectivity index (χ0) is 12.9. The van der Waals surface area contributed by atoms with Crippen LogP contribution in [0.3, 0.4) is 0 Å². The van der Waals surface area contributed by atoms with Crippen molar-refractivity contribution in [3.63, 3.8) is 0 Å². The maximum absolute atomic E-state index is 11.0. The Morgan fingerprint density at radius 2 is 1.82 bits per heavy atom. The third-order valence-corrected chi connectivity index (χ3v) is 1.94. The molecule has 0 fully saturated rings. The molecule has 0 aromatic heterocycles. The molecule has 0 rings (SSSR count). The van der Waals surface area contributed by atoms with Crippen molar-refractivity contribution in [1.29, 1.82) is 0 Å². The predicted molar refractivity (Wildman–Crippen MR) is 69.8 cm³/mol. The molecule has 96 valence electrons. The summed E-state index contributed by atoms with van der Waals surface area (Å²) in [5.41, 5.74) is 0.412. The number of unbranched alkanes of at least 4 members (excludes halogenated alkanes) is 1. The van der Waals surface area contributed by atoms with E-state index in [1.165, 1.54) is 0 Å². The molecule has 0 aromatic rings. The summed E-state index contributed by atoms with van der Waals surface area (Å²) >= 11 is 0. The summed E-state index contributed by atoms with van der Waals surface area (Å²) in [4.78, 5) is 11.0. The highest BCUT2D eigenvalue weighted by Crippen LogP contribution is 1.94. The van der Waals surface area contributed by atoms with E-state index < -0.39 is 0 Å². The molecule has 0 bridgehead atoms. The standard InChI is InChI=1S/C14H22O3/c1-4-5-6-7-8-9-10-16-11-12-17-14(15)13(2)3/h4,7-8H,1-2,5-6,9-12H2,3H3. The lowest BCUT2D eigenvalue weighted by Crippen LogP contribution is -2.11. The van der Waals surface area contributed by atoms with E-state index in [1.807, 2.05) is 6.08 Å². The second-order valence-corrected chi connectivity index (χ2v) is 3.65. The molecule has 0 atom stereocenters. The first-order valence-corrected chi connectivity index (χ1v) is 5.84. The Morgan fingerprint density at radius 1 is 1.12 bits per heavy atom. The van der Waals surface area contributed by atoms with Crippen LogP contribution in [0.15, 0.2) is 37.0 Å². The summed E-state index contributed by atoms with van der Waals surface area (Å²) < 4.78 is 10.2. The van der Waals surface area contributed by atoms with Gasteiger partial charge in [0.15, 0.2) is 0 Å². The van der Waals surface area contributed by atoms with Gasteiger partial charge >= 0.3 is 5.97 Å². The lowest BCUT2D eigenvalue weighted by Gasteiger charge is -2.04. The summed E-state index contributed by atoms with van der Waals surface area (Å²) in [6.45, 7) is 10.1. The lowest BCUT2D eigenvalue weighted by atomic mass is 10.2. The fourth-order valence-corrected chi connectivity index (χ4v) is 1.02. The van der Waals surface area contributed by atoms with Crippen LogP contribution in [0.25, 0.3) is 0 Å². The highest BCUT2D eigenvalue weighted by atomic mass is 16.6. The van der Waals surface area contributed by atoms with Crippen LogP contribution in [0.4, 0.5) is 0 Å². The molecule has 3 heteroatoms. The smallest absolute Gasteiger partial charge is 0.333 e. The van der Waals surface area contributed by atoms with Gasteiger partial charge in [0, 0.05) is 5.57 Å². The monoisotopic (exact) mass is 238 g/mol.